The average molecular weight is 483 g/mol. The van der Waals surface area contributed by atoms with Gasteiger partial charge in [-0.3, -0.25) is 9.20 Å². The fraction of sp³-hybridized carbons (Fsp3) is 0.611. The molecule has 1 unspecified atom stereocenters. The molecule has 0 saturated heterocycles. The lowest BCUT2D eigenvalue weighted by atomic mass is 10.1. The Labute approximate surface area is 170 Å². The molecule has 0 radical (unpaired) electrons. The van der Waals surface area contributed by atoms with Gasteiger partial charge in [-0.1, -0.05) is 6.07 Å². The summed E-state index contributed by atoms with van der Waals surface area (Å²) in [6.45, 7) is 11.8. The first kappa shape index (κ1) is 24.3. The molecule has 0 aliphatic carbocycles. The standard InChI is InChI=1S/C18H30FN3OS.HI/c1-6-20-17(22-11-12-24(23)18(3,4)5)21-10-9-15-7-8-16(19)13-14(15)2;/h7-8,13H,6,9-12H2,1-5H3,(H2,20,21,22);1H. The summed E-state index contributed by atoms with van der Waals surface area (Å²) >= 11 is 0. The van der Waals surface area contributed by atoms with E-state index in [0.717, 1.165) is 30.1 Å². The SMILES string of the molecule is CCNC(=NCCS(=O)C(C)(C)C)NCCc1ccc(F)cc1C.I. The summed E-state index contributed by atoms with van der Waals surface area (Å²) in [5, 5.41) is 6.45. The van der Waals surface area contributed by atoms with Crippen LogP contribution in [0, 0.1) is 12.7 Å². The summed E-state index contributed by atoms with van der Waals surface area (Å²) in [6.07, 6.45) is 0.796. The number of benzene rings is 1. The van der Waals surface area contributed by atoms with E-state index < -0.39 is 10.8 Å². The molecule has 1 atom stereocenters. The van der Waals surface area contributed by atoms with Gasteiger partial charge in [-0.05, 0) is 64.3 Å². The van der Waals surface area contributed by atoms with Crippen LogP contribution in [0.1, 0.15) is 38.8 Å². The Kier molecular flexibility index (Phi) is 11.5. The van der Waals surface area contributed by atoms with E-state index >= 15 is 0 Å². The Morgan fingerprint density at radius 3 is 2.52 bits per heavy atom. The van der Waals surface area contributed by atoms with Crippen LogP contribution in [0.3, 0.4) is 0 Å². The molecule has 2 N–H and O–H groups in total. The molecule has 0 aliphatic heterocycles. The first-order chi connectivity index (χ1) is 11.2. The second kappa shape index (κ2) is 11.8. The summed E-state index contributed by atoms with van der Waals surface area (Å²) in [7, 11) is -0.897. The Bertz CT molecular complexity index is 588. The molecule has 0 amide bonds. The zero-order chi connectivity index (χ0) is 18.2. The van der Waals surface area contributed by atoms with Gasteiger partial charge in [0.05, 0.1) is 6.54 Å². The largest absolute Gasteiger partial charge is 0.357 e. The Morgan fingerprint density at radius 1 is 1.28 bits per heavy atom. The second-order valence-corrected chi connectivity index (χ2v) is 8.99. The minimum atomic E-state index is -0.897. The van der Waals surface area contributed by atoms with Crippen LogP contribution < -0.4 is 10.6 Å². The van der Waals surface area contributed by atoms with E-state index in [1.807, 2.05) is 40.7 Å². The van der Waals surface area contributed by atoms with Crippen molar-refractivity contribution in [3.05, 3.63) is 35.1 Å². The number of aliphatic imine (C=N–C) groups is 1. The van der Waals surface area contributed by atoms with Crippen molar-refractivity contribution in [2.24, 2.45) is 4.99 Å². The van der Waals surface area contributed by atoms with E-state index in [0.29, 0.717) is 18.8 Å². The number of hydrogen-bond donors (Lipinski definition) is 2. The maximum absolute atomic E-state index is 13.1. The summed E-state index contributed by atoms with van der Waals surface area (Å²) in [6, 6.07) is 4.86. The molecule has 0 spiro atoms. The summed E-state index contributed by atoms with van der Waals surface area (Å²) in [4.78, 5) is 4.48. The van der Waals surface area contributed by atoms with E-state index in [1.54, 1.807) is 6.07 Å². The molecule has 0 bridgehead atoms. The minimum absolute atomic E-state index is 0. The van der Waals surface area contributed by atoms with E-state index in [2.05, 4.69) is 15.6 Å². The number of halogens is 2. The minimum Gasteiger partial charge on any atom is -0.357 e. The van der Waals surface area contributed by atoms with Gasteiger partial charge in [0.25, 0.3) is 0 Å². The van der Waals surface area contributed by atoms with Gasteiger partial charge in [0.15, 0.2) is 5.96 Å². The molecule has 0 aliphatic rings. The normalized spacial score (nSPS) is 13.1. The van der Waals surface area contributed by atoms with Crippen molar-refractivity contribution in [1.82, 2.24) is 10.6 Å². The summed E-state index contributed by atoms with van der Waals surface area (Å²) < 4.78 is 24.9. The van der Waals surface area contributed by atoms with Gasteiger partial charge in [0, 0.05) is 34.4 Å². The first-order valence-corrected chi connectivity index (χ1v) is 9.71. The average Bonchev–Trinajstić information content (AvgIpc) is 2.48. The fourth-order valence-electron chi connectivity index (χ4n) is 2.14. The highest BCUT2D eigenvalue weighted by Gasteiger charge is 2.18. The number of hydrogen-bond acceptors (Lipinski definition) is 2. The van der Waals surface area contributed by atoms with Crippen LogP contribution >= 0.6 is 24.0 Å². The molecule has 25 heavy (non-hydrogen) atoms. The molecule has 7 heteroatoms. The highest BCUT2D eigenvalue weighted by atomic mass is 127. The molecule has 0 heterocycles. The molecule has 0 fully saturated rings. The third kappa shape index (κ3) is 9.53. The molecule has 1 aromatic carbocycles. The fourth-order valence-corrected chi connectivity index (χ4v) is 3.01. The predicted octanol–water partition coefficient (Wildman–Crippen LogP) is 3.40. The van der Waals surface area contributed by atoms with Crippen molar-refractivity contribution >= 4 is 40.7 Å². The van der Waals surface area contributed by atoms with E-state index in [-0.39, 0.29) is 34.5 Å². The maximum atomic E-state index is 13.1. The van der Waals surface area contributed by atoms with E-state index in [1.165, 1.54) is 6.07 Å². The quantitative estimate of drug-likeness (QED) is 0.355. The number of guanidine groups is 1. The van der Waals surface area contributed by atoms with E-state index in [9.17, 15) is 8.60 Å². The lowest BCUT2D eigenvalue weighted by Crippen LogP contribution is -2.38. The Balaban J connectivity index is 0.00000576. The van der Waals surface area contributed by atoms with Crippen molar-refractivity contribution in [2.75, 3.05) is 25.4 Å². The van der Waals surface area contributed by atoms with Gasteiger partial charge in [-0.15, -0.1) is 24.0 Å². The van der Waals surface area contributed by atoms with Gasteiger partial charge < -0.3 is 10.6 Å². The highest BCUT2D eigenvalue weighted by molar-refractivity contribution is 14.0. The van der Waals surface area contributed by atoms with Crippen molar-refractivity contribution in [1.29, 1.82) is 0 Å². The summed E-state index contributed by atoms with van der Waals surface area (Å²) in [5.74, 6) is 1.08. The Hall–Kier alpha value is -0.700. The molecule has 4 nitrogen and oxygen atoms in total. The molecule has 1 rings (SSSR count). The number of rotatable bonds is 7. The van der Waals surface area contributed by atoms with Crippen molar-refractivity contribution in [3.8, 4) is 0 Å². The molecule has 0 aromatic heterocycles. The smallest absolute Gasteiger partial charge is 0.191 e. The van der Waals surface area contributed by atoms with Crippen LogP contribution in [0.15, 0.2) is 23.2 Å². The molecule has 1 aromatic rings. The Morgan fingerprint density at radius 2 is 1.96 bits per heavy atom. The van der Waals surface area contributed by atoms with Crippen molar-refractivity contribution in [2.45, 2.75) is 45.8 Å². The van der Waals surface area contributed by atoms with Crippen LogP contribution in [0.25, 0.3) is 0 Å². The zero-order valence-corrected chi connectivity index (χ0v) is 19.0. The zero-order valence-electron chi connectivity index (χ0n) is 15.8. The van der Waals surface area contributed by atoms with Crippen LogP contribution in [0.2, 0.25) is 0 Å². The van der Waals surface area contributed by atoms with Crippen LogP contribution in [-0.2, 0) is 17.2 Å². The van der Waals surface area contributed by atoms with Gasteiger partial charge in [-0.25, -0.2) is 4.39 Å². The van der Waals surface area contributed by atoms with E-state index in [4.69, 9.17) is 0 Å². The third-order valence-corrected chi connectivity index (χ3v) is 5.48. The van der Waals surface area contributed by atoms with Crippen molar-refractivity contribution in [3.63, 3.8) is 0 Å². The van der Waals surface area contributed by atoms with Crippen LogP contribution in [0.4, 0.5) is 4.39 Å². The van der Waals surface area contributed by atoms with Crippen LogP contribution in [0.5, 0.6) is 0 Å². The van der Waals surface area contributed by atoms with Gasteiger partial charge in [0.1, 0.15) is 5.82 Å². The molecular weight excluding hydrogens is 452 g/mol. The lowest BCUT2D eigenvalue weighted by Gasteiger charge is -2.17. The lowest BCUT2D eigenvalue weighted by molar-refractivity contribution is 0.625. The molecular formula is C18H31FIN3OS. The number of aryl methyl sites for hydroxylation is 1. The van der Waals surface area contributed by atoms with Gasteiger partial charge in [-0.2, -0.15) is 0 Å². The van der Waals surface area contributed by atoms with Crippen LogP contribution in [-0.4, -0.2) is 40.3 Å². The van der Waals surface area contributed by atoms with Gasteiger partial charge >= 0.3 is 0 Å². The number of nitrogens with zero attached hydrogens (tertiary/aromatic N) is 1. The maximum Gasteiger partial charge on any atom is 0.191 e. The second-order valence-electron chi connectivity index (χ2n) is 6.67. The molecule has 144 valence electrons. The first-order valence-electron chi connectivity index (χ1n) is 8.39. The third-order valence-electron chi connectivity index (χ3n) is 3.57. The molecule has 0 saturated carbocycles. The monoisotopic (exact) mass is 483 g/mol. The highest BCUT2D eigenvalue weighted by Crippen LogP contribution is 2.11. The van der Waals surface area contributed by atoms with Gasteiger partial charge in [0.2, 0.25) is 0 Å². The topological polar surface area (TPSA) is 53.5 Å². The summed E-state index contributed by atoms with van der Waals surface area (Å²) in [5.41, 5.74) is 2.08. The number of nitrogens with one attached hydrogen (secondary N) is 2. The predicted molar refractivity (Wildman–Crippen MR) is 117 cm³/mol. The van der Waals surface area contributed by atoms with Crippen molar-refractivity contribution < 1.29 is 8.60 Å².